The van der Waals surface area contributed by atoms with Crippen molar-refractivity contribution >= 4 is 82.4 Å². The van der Waals surface area contributed by atoms with E-state index < -0.39 is 205 Å². The van der Waals surface area contributed by atoms with E-state index in [1.807, 2.05) is 0 Å². The van der Waals surface area contributed by atoms with Gasteiger partial charge in [-0.2, -0.15) is 0 Å². The van der Waals surface area contributed by atoms with E-state index in [1.165, 1.54) is 0 Å². The maximum atomic E-state index is 12.7. The van der Waals surface area contributed by atoms with E-state index in [2.05, 4.69) is 68.4 Å². The Labute approximate surface area is 620 Å². The molecule has 0 aliphatic carbocycles. The number of nitrogens with zero attached hydrogens (tertiary/aromatic N) is 4. The minimum Gasteiger partial charge on any atom is -0.444 e. The van der Waals surface area contributed by atoms with Crippen molar-refractivity contribution in [3.63, 3.8) is 0 Å². The maximum Gasteiger partial charge on any atom is 1.00 e. The molecule has 7 heterocycles. The van der Waals surface area contributed by atoms with Gasteiger partial charge in [-0.25, -0.2) is 35.1 Å². The van der Waals surface area contributed by atoms with E-state index in [0.29, 0.717) is 43.4 Å². The van der Waals surface area contributed by atoms with Gasteiger partial charge >= 0.3 is 59.1 Å². The molecule has 4 unspecified atom stereocenters. The summed E-state index contributed by atoms with van der Waals surface area (Å²) in [5.74, 6) is -14.9. The maximum absolute atomic E-state index is 12.7. The second-order valence-corrected chi connectivity index (χ2v) is 13.0. The SMILES string of the molecule is O=N[O-].O=N[O-].[2H]C([2H])(Cl)C1([2H])OC1([2H])[2H].[2H]C([2H])(Cl)C1CO1.[2H]C1(CCl)CO1.[2H]C1([2H])CNCC([2H])([2H])O1.[2H]C1([2H])COCC([2H])([2H])N1.[2H]C1([2H])NC([2H])([2H])C([2H])([2H])OC1([2H])[2H].[2H]C1([2H])OC1CCl.[2H]Cl.[2H]Cl.[2H]c1c([2H])c([2H])c(F)c(F)c1[2H].[2H]c1c([2H])c([N+](=O)[O-])c([2H])c(F)c1F.[2H]c1cc(F)c(F)cc1[2H].[2H]c1cc(F)c(F)cc1[N+](=O)[O-].[Na+].[Na+]. The van der Waals surface area contributed by atoms with Crippen LogP contribution in [0.1, 0.15) is 49.3 Å². The molecule has 0 bridgehead atoms. The van der Waals surface area contributed by atoms with Gasteiger partial charge in [-0.05, 0) is 36.3 Å². The summed E-state index contributed by atoms with van der Waals surface area (Å²) in [4.78, 5) is 34.2. The summed E-state index contributed by atoms with van der Waals surface area (Å²) in [6.45, 7) is -21.4. The van der Waals surface area contributed by atoms with Gasteiger partial charge in [0, 0.05) is 67.6 Å². The molecule has 4 atom stereocenters. The average molecular weight is 1430 g/mol. The van der Waals surface area contributed by atoms with Gasteiger partial charge in [0.2, 0.25) is 0 Å². The molecule has 0 radical (unpaired) electrons. The van der Waals surface area contributed by atoms with Crippen LogP contribution in [0.25, 0.3) is 0 Å². The summed E-state index contributed by atoms with van der Waals surface area (Å²) >= 11 is 28.4. The number of nitro groups is 2. The summed E-state index contributed by atoms with van der Waals surface area (Å²) in [7, 11) is 0. The van der Waals surface area contributed by atoms with Crippen molar-refractivity contribution in [2.45, 2.75) is 24.4 Å². The van der Waals surface area contributed by atoms with Gasteiger partial charge in [0.1, 0.15) is 2.35 Å². The minimum atomic E-state index is -2.93. The summed E-state index contributed by atoms with van der Waals surface area (Å²) in [5.41, 5.74) is -1.94. The number of hydrogen-bond donors (Lipinski definition) is 3. The Morgan fingerprint density at radius 2 is 1.02 bits per heavy atom. The van der Waals surface area contributed by atoms with Crippen molar-refractivity contribution in [3.8, 4) is 0 Å². The molecule has 22 nitrogen and oxygen atoms in total. The van der Waals surface area contributed by atoms with Crippen LogP contribution in [0.15, 0.2) is 95.4 Å². The number of epoxide rings is 4. The first-order chi connectivity index (χ1) is 54.8. The smallest absolute Gasteiger partial charge is 0.444 e. The minimum absolute atomic E-state index is 0. The number of nitro benzene ring substituents is 2. The fourth-order valence-electron chi connectivity index (χ4n) is 2.77. The summed E-state index contributed by atoms with van der Waals surface area (Å²) in [5, 5.41) is 44.7. The number of nitrogens with one attached hydrogen (secondary N) is 3. The number of benzene rings is 4. The molecule has 4 aromatic rings. The Balaban J connectivity index is -0.000000307. The molecule has 38 heteroatoms. The molecule has 0 spiro atoms. The third-order valence-electron chi connectivity index (χ3n) is 6.30. The fraction of sp³-hybridized carbons (Fsp3) is 0.500. The van der Waals surface area contributed by atoms with Gasteiger partial charge in [0.15, 0.2) is 46.5 Å². The normalized spacial score (nSPS) is 31.6. The molecule has 0 amide bonds. The van der Waals surface area contributed by atoms with Crippen molar-refractivity contribution in [1.29, 1.82) is 2.35 Å². The van der Waals surface area contributed by atoms with E-state index in [1.54, 1.807) is 5.32 Å². The second-order valence-electron chi connectivity index (χ2n) is 12.0. The van der Waals surface area contributed by atoms with Gasteiger partial charge in [-0.1, -0.05) is 24.2 Å². The molecule has 3 N–H and O–H groups in total. The van der Waals surface area contributed by atoms with Crippen LogP contribution in [0.2, 0.25) is 0 Å². The Morgan fingerprint density at radius 3 is 1.31 bits per heavy atom. The van der Waals surface area contributed by atoms with Crippen LogP contribution in [-0.2, 0) is 33.2 Å². The Kier molecular flexibility index (Phi) is 32.2. The molecule has 0 saturated carbocycles. The van der Waals surface area contributed by atoms with Crippen LogP contribution in [-0.4, -0.2) is 165 Å². The summed E-state index contributed by atoms with van der Waals surface area (Å²) in [6.07, 6.45) is -3.63. The topological polar surface area (TPSA) is 305 Å². The number of hydrogen-bond acceptors (Lipinski definition) is 20. The van der Waals surface area contributed by atoms with Crippen LogP contribution in [0.3, 0.4) is 0 Å². The molecule has 4 aromatic carbocycles. The Morgan fingerprint density at radius 1 is 0.570 bits per heavy atom. The molecule has 86 heavy (non-hydrogen) atoms. The number of halogens is 14. The molecule has 7 saturated heterocycles. The van der Waals surface area contributed by atoms with Crippen molar-refractivity contribution in [3.05, 3.63) is 172 Å². The molecule has 0 aromatic heterocycles. The van der Waals surface area contributed by atoms with Crippen LogP contribution in [0, 0.1) is 87.0 Å². The third kappa shape index (κ3) is 62.9. The van der Waals surface area contributed by atoms with Crippen LogP contribution >= 0.6 is 71.0 Å². The zero-order valence-electron chi connectivity index (χ0n) is 80.8. The number of alkyl halides is 4. The van der Waals surface area contributed by atoms with Crippen molar-refractivity contribution in [1.82, 2.24) is 16.0 Å². The molecule has 7 fully saturated rings. The fourth-order valence-corrected chi connectivity index (χ4v) is 3.25. The van der Waals surface area contributed by atoms with Crippen LogP contribution in [0.5, 0.6) is 0 Å². The molecule has 7 aliphatic heterocycles. The van der Waals surface area contributed by atoms with Gasteiger partial charge in [-0.3, -0.25) is 20.2 Å². The first-order valence-electron chi connectivity index (χ1n) is 38.9. The zero-order chi connectivity index (χ0) is 97.8. The van der Waals surface area contributed by atoms with Gasteiger partial charge < -0.3 is 69.3 Å². The number of ether oxygens (including phenoxy) is 7. The van der Waals surface area contributed by atoms with Crippen LogP contribution in [0.4, 0.5) is 46.5 Å². The van der Waals surface area contributed by atoms with E-state index in [-0.39, 0.29) is 116 Å². The van der Waals surface area contributed by atoms with Crippen LogP contribution < -0.4 is 75.1 Å². The van der Waals surface area contributed by atoms with Crippen molar-refractivity contribution in [2.24, 2.45) is 10.7 Å². The molecule has 480 valence electrons. The molecule has 7 aliphatic rings. The first-order valence-corrected chi connectivity index (χ1v) is 21.9. The first kappa shape index (κ1) is 42.4. The van der Waals surface area contributed by atoms with E-state index in [9.17, 15) is 55.4 Å². The molecule has 11 rings (SSSR count). The average Bonchev–Trinajstić information content (AvgIpc) is 1.54. The Bertz CT molecular complexity index is 3770. The predicted octanol–water partition coefficient (Wildman–Crippen LogP) is 4.34. The van der Waals surface area contributed by atoms with Crippen molar-refractivity contribution in [2.75, 3.05) is 128 Å². The quantitative estimate of drug-likeness (QED) is 0.0460. The summed E-state index contributed by atoms with van der Waals surface area (Å²) in [6, 6.07) is -6.16. The molecular weight excluding hydrogens is 1330 g/mol. The van der Waals surface area contributed by atoms with Crippen molar-refractivity contribution < 1.29 is 187 Å². The monoisotopic (exact) mass is 1420 g/mol. The van der Waals surface area contributed by atoms with Gasteiger partial charge in [-0.15, -0.1) is 81.7 Å². The van der Waals surface area contributed by atoms with Gasteiger partial charge in [0.25, 0.3) is 11.4 Å². The largest absolute Gasteiger partial charge is 1.00 e. The number of morpholine rings is 3. The van der Waals surface area contributed by atoms with Gasteiger partial charge in [0.05, 0.1) is 168 Å². The zero-order valence-corrected chi connectivity index (χ0v) is 51.4. The third-order valence-corrected chi connectivity index (χ3v) is 7.29. The molecular formula is C48H63Cl6F8N7Na2O15. The second kappa shape index (κ2) is 65.2. The van der Waals surface area contributed by atoms with E-state index in [4.69, 9.17) is 118 Å². The Hall–Kier alpha value is -2.74. The van der Waals surface area contributed by atoms with E-state index in [0.717, 1.165) is 10.7 Å². The summed E-state index contributed by atoms with van der Waals surface area (Å²) < 4.78 is 391. The number of rotatable bonds is 6. The van der Waals surface area contributed by atoms with E-state index >= 15 is 0 Å². The predicted molar refractivity (Wildman–Crippen MR) is 304 cm³/mol. The standard InChI is InChI=1S/2C6H3F2NO2.2C6H4F2.3C4H9NO.4C3H5ClO.2ClH.2HNO2.2Na/c2*7-5-2-1-4(9(10)11)3-6(5)8;2*7-5-3-1-2-4-6(5)8;3*1-3-6-4-2-5-1;4*4-1-3-2-5-3;;;2*2-1-3;;/h2*1-3H;2*1-4H;3*5H,1-4H2;4*3H,1-2H2;2*1H;2*(H,2,3);;/q;;;;;;;;;;;;;;;2*+1/p-2/i1D,2D,3D;1D;1D,2D,3D,4D;1D,2D;1D2,2D2,3D2,4D2;3D2,4D2;1D2,2D2;1D2,2D2,3D;3D;2D2;1D2;;;;;;/hD2.